The molecule has 3 aromatic carbocycles. The molecule has 0 saturated carbocycles. The number of hydrogen-bond acceptors (Lipinski definition) is 4. The van der Waals surface area contributed by atoms with Crippen LogP contribution in [-0.4, -0.2) is 16.2 Å². The number of alkyl halides is 3. The Morgan fingerprint density at radius 2 is 1.71 bits per heavy atom. The zero-order chi connectivity index (χ0) is 24.0. The van der Waals surface area contributed by atoms with Crippen molar-refractivity contribution >= 4 is 31.6 Å². The van der Waals surface area contributed by atoms with Crippen LogP contribution in [0.4, 0.5) is 13.2 Å². The van der Waals surface area contributed by atoms with E-state index < -0.39 is 23.0 Å². The lowest BCUT2D eigenvalue weighted by Crippen LogP contribution is -2.38. The van der Waals surface area contributed by atoms with Gasteiger partial charge in [-0.1, -0.05) is 36.4 Å². The van der Waals surface area contributed by atoms with E-state index in [1.807, 2.05) is 12.1 Å². The number of ether oxygens (including phenoxy) is 1. The monoisotopic (exact) mass is 482 g/mol. The van der Waals surface area contributed by atoms with Crippen LogP contribution in [0, 0.1) is 0 Å². The van der Waals surface area contributed by atoms with Gasteiger partial charge in [-0.2, -0.15) is 13.2 Å². The molecular formula is C25H17F3N2O3S. The lowest BCUT2D eigenvalue weighted by molar-refractivity contribution is -0.137. The van der Waals surface area contributed by atoms with Crippen LogP contribution < -0.4 is 16.0 Å². The number of rotatable bonds is 4. The lowest BCUT2D eigenvalue weighted by Gasteiger charge is -2.14. The molecule has 0 aliphatic carbocycles. The van der Waals surface area contributed by atoms with E-state index in [1.54, 1.807) is 36.4 Å². The summed E-state index contributed by atoms with van der Waals surface area (Å²) in [7, 11) is 1.48. The van der Waals surface area contributed by atoms with Crippen LogP contribution in [0.5, 0.6) is 5.75 Å². The van der Waals surface area contributed by atoms with Crippen molar-refractivity contribution in [3.05, 3.63) is 105 Å². The first-order chi connectivity index (χ1) is 16.3. The van der Waals surface area contributed by atoms with Crippen molar-refractivity contribution in [2.75, 3.05) is 7.11 Å². The highest BCUT2D eigenvalue weighted by Crippen LogP contribution is 2.33. The average molecular weight is 482 g/mol. The van der Waals surface area contributed by atoms with Gasteiger partial charge in [-0.25, -0.2) is 9.36 Å². The molecule has 34 heavy (non-hydrogen) atoms. The van der Waals surface area contributed by atoms with Gasteiger partial charge in [0.25, 0.3) is 5.56 Å². The molecule has 0 fully saturated rings. The largest absolute Gasteiger partial charge is 0.497 e. The fourth-order valence-electron chi connectivity index (χ4n) is 4.00. The van der Waals surface area contributed by atoms with Crippen molar-refractivity contribution in [1.29, 1.82) is 0 Å². The normalized spacial score (nSPS) is 11.9. The summed E-state index contributed by atoms with van der Waals surface area (Å²) < 4.78 is 48.6. The number of halogens is 3. The summed E-state index contributed by atoms with van der Waals surface area (Å²) in [5.74, 6) is 0.463. The molecule has 0 amide bonds. The third-order valence-corrected chi connectivity index (χ3v) is 6.71. The van der Waals surface area contributed by atoms with E-state index in [2.05, 4.69) is 0 Å². The van der Waals surface area contributed by atoms with E-state index in [9.17, 15) is 22.8 Å². The van der Waals surface area contributed by atoms with Crippen molar-refractivity contribution in [1.82, 2.24) is 9.13 Å². The van der Waals surface area contributed by atoms with Gasteiger partial charge in [0.05, 0.1) is 30.4 Å². The van der Waals surface area contributed by atoms with Gasteiger partial charge >= 0.3 is 11.9 Å². The molecule has 5 nitrogen and oxygen atoms in total. The third-order valence-electron chi connectivity index (χ3n) is 5.57. The Morgan fingerprint density at radius 1 is 0.941 bits per heavy atom. The summed E-state index contributed by atoms with van der Waals surface area (Å²) in [5, 5.41) is 0.696. The molecule has 5 rings (SSSR count). The van der Waals surface area contributed by atoms with Crippen molar-refractivity contribution in [2.24, 2.45) is 0 Å². The van der Waals surface area contributed by atoms with E-state index in [4.69, 9.17) is 4.74 Å². The Hall–Kier alpha value is -3.85. The van der Waals surface area contributed by atoms with Crippen LogP contribution in [0.1, 0.15) is 11.1 Å². The number of hydrogen-bond donors (Lipinski definition) is 0. The maximum absolute atomic E-state index is 13.7. The molecule has 0 unspecified atom stereocenters. The second-order valence-corrected chi connectivity index (χ2v) is 8.74. The Bertz CT molecular complexity index is 1660. The van der Waals surface area contributed by atoms with Crippen molar-refractivity contribution in [3.8, 4) is 11.4 Å². The molecular weight excluding hydrogens is 465 g/mol. The second kappa shape index (κ2) is 8.18. The fourth-order valence-corrected chi connectivity index (χ4v) is 5.14. The Kier molecular flexibility index (Phi) is 5.28. The van der Waals surface area contributed by atoms with E-state index in [0.29, 0.717) is 32.6 Å². The summed E-state index contributed by atoms with van der Waals surface area (Å²) in [4.78, 5) is 27.2. The minimum absolute atomic E-state index is 0.135. The Balaban J connectivity index is 1.83. The van der Waals surface area contributed by atoms with Crippen LogP contribution in [0.2, 0.25) is 0 Å². The second-order valence-electron chi connectivity index (χ2n) is 7.68. The predicted molar refractivity (Wildman–Crippen MR) is 126 cm³/mol. The topological polar surface area (TPSA) is 53.2 Å². The van der Waals surface area contributed by atoms with Gasteiger partial charge in [0.15, 0.2) is 0 Å². The maximum Gasteiger partial charge on any atom is 0.416 e. The quantitative estimate of drug-likeness (QED) is 0.343. The summed E-state index contributed by atoms with van der Waals surface area (Å²) in [6.07, 6.45) is -4.51. The molecule has 9 heteroatoms. The highest BCUT2D eigenvalue weighted by molar-refractivity contribution is 7.25. The van der Waals surface area contributed by atoms with Crippen molar-refractivity contribution in [3.63, 3.8) is 0 Å². The molecule has 2 heterocycles. The van der Waals surface area contributed by atoms with Gasteiger partial charge < -0.3 is 4.74 Å². The minimum Gasteiger partial charge on any atom is -0.497 e. The van der Waals surface area contributed by atoms with Crippen LogP contribution >= 0.6 is 11.3 Å². The first-order valence-corrected chi connectivity index (χ1v) is 11.1. The highest BCUT2D eigenvalue weighted by Gasteiger charge is 2.30. The van der Waals surface area contributed by atoms with E-state index in [0.717, 1.165) is 21.4 Å². The molecule has 0 spiro atoms. The number of thiophene rings is 1. The van der Waals surface area contributed by atoms with E-state index >= 15 is 0 Å². The summed E-state index contributed by atoms with van der Waals surface area (Å²) in [6.45, 7) is -0.135. The van der Waals surface area contributed by atoms with E-state index in [-0.39, 0.29) is 6.54 Å². The average Bonchev–Trinajstić information content (AvgIpc) is 3.22. The van der Waals surface area contributed by atoms with Crippen molar-refractivity contribution in [2.45, 2.75) is 12.7 Å². The molecule has 0 bridgehead atoms. The summed E-state index contributed by atoms with van der Waals surface area (Å²) >= 11 is 1.24. The highest BCUT2D eigenvalue weighted by atomic mass is 32.1. The molecule has 5 aromatic rings. The number of fused-ring (bicyclic) bond motifs is 3. The molecule has 2 aromatic heterocycles. The third kappa shape index (κ3) is 3.67. The van der Waals surface area contributed by atoms with Gasteiger partial charge in [-0.05, 0) is 35.9 Å². The van der Waals surface area contributed by atoms with Gasteiger partial charge in [0.1, 0.15) is 10.4 Å². The predicted octanol–water partition coefficient (Wildman–Crippen LogP) is 5.44. The minimum atomic E-state index is -4.51. The molecule has 0 aliphatic heterocycles. The van der Waals surface area contributed by atoms with Crippen LogP contribution in [0.25, 0.3) is 26.0 Å². The number of aromatic nitrogens is 2. The number of benzene rings is 3. The summed E-state index contributed by atoms with van der Waals surface area (Å²) in [6, 6.07) is 18.6. The first kappa shape index (κ1) is 22.0. The summed E-state index contributed by atoms with van der Waals surface area (Å²) in [5.41, 5.74) is -0.921. The number of nitrogens with zero attached hydrogens (tertiary/aromatic N) is 2. The lowest BCUT2D eigenvalue weighted by atomic mass is 10.1. The van der Waals surface area contributed by atoms with Gasteiger partial charge in [0, 0.05) is 16.2 Å². The Morgan fingerprint density at radius 3 is 2.47 bits per heavy atom. The SMILES string of the molecule is COc1cccc(-n2c(=O)c3sc4ccccc4c3n(Cc3cccc(C(F)(F)F)c3)c2=O)c1. The molecule has 0 N–H and O–H groups in total. The number of methoxy groups -OCH3 is 1. The first-order valence-electron chi connectivity index (χ1n) is 10.3. The Labute approximate surface area is 194 Å². The van der Waals surface area contributed by atoms with Gasteiger partial charge in [0.2, 0.25) is 0 Å². The smallest absolute Gasteiger partial charge is 0.416 e. The van der Waals surface area contributed by atoms with Gasteiger partial charge in [-0.15, -0.1) is 11.3 Å². The molecule has 0 aliphatic rings. The van der Waals surface area contributed by atoms with Crippen LogP contribution in [-0.2, 0) is 12.7 Å². The molecule has 172 valence electrons. The fraction of sp³-hybridized carbons (Fsp3) is 0.120. The van der Waals surface area contributed by atoms with Crippen LogP contribution in [0.15, 0.2) is 82.4 Å². The standard InChI is InChI=1S/C25H17F3N2O3S/c1-33-18-9-5-8-17(13-18)30-23(31)22-21(19-10-2-3-11-20(19)34-22)29(24(30)32)14-15-6-4-7-16(12-15)25(26,27)28/h2-13H,14H2,1H3. The van der Waals surface area contributed by atoms with Crippen molar-refractivity contribution < 1.29 is 17.9 Å². The maximum atomic E-state index is 13.7. The molecule has 0 radical (unpaired) electrons. The van der Waals surface area contributed by atoms with Crippen LogP contribution in [0.3, 0.4) is 0 Å². The van der Waals surface area contributed by atoms with Gasteiger partial charge in [-0.3, -0.25) is 9.36 Å². The zero-order valence-corrected chi connectivity index (χ0v) is 18.6. The van der Waals surface area contributed by atoms with E-state index in [1.165, 1.54) is 35.1 Å². The molecule has 0 atom stereocenters. The molecule has 0 saturated heterocycles. The zero-order valence-electron chi connectivity index (χ0n) is 17.8.